The topological polar surface area (TPSA) is 49.8 Å². The molecule has 0 fully saturated rings. The van der Waals surface area contributed by atoms with Crippen LogP contribution in [0.4, 0.5) is 4.79 Å². The molecular weight excluding hydrogens is 374 g/mol. The van der Waals surface area contributed by atoms with Gasteiger partial charge >= 0.3 is 6.09 Å². The number of ether oxygens (including phenoxy) is 1. The van der Waals surface area contributed by atoms with Crippen LogP contribution in [-0.2, 0) is 17.8 Å². The Morgan fingerprint density at radius 2 is 1.67 bits per heavy atom. The summed E-state index contributed by atoms with van der Waals surface area (Å²) in [6.45, 7) is 4.22. The number of fused-ring (bicyclic) bond motifs is 3. The molecule has 162 valence electrons. The van der Waals surface area contributed by atoms with Crippen molar-refractivity contribution in [1.29, 1.82) is 0 Å². The van der Waals surface area contributed by atoms with E-state index < -0.39 is 0 Å². The Kier molecular flexibility index (Phi) is 8.76. The largest absolute Gasteiger partial charge is 0.445 e. The van der Waals surface area contributed by atoms with Crippen LogP contribution in [0.3, 0.4) is 0 Å². The number of nitrogens with zero attached hydrogens (tertiary/aromatic N) is 1. The van der Waals surface area contributed by atoms with Crippen LogP contribution in [0.2, 0.25) is 0 Å². The first-order valence-electron chi connectivity index (χ1n) is 11.5. The number of carbonyl (C=O) groups is 1. The highest BCUT2D eigenvalue weighted by molar-refractivity contribution is 5.78. The van der Waals surface area contributed by atoms with Gasteiger partial charge in [-0.05, 0) is 53.5 Å². The van der Waals surface area contributed by atoms with Gasteiger partial charge in [0.1, 0.15) is 6.61 Å². The zero-order chi connectivity index (χ0) is 21.2. The van der Waals surface area contributed by atoms with Gasteiger partial charge in [0.05, 0.1) is 0 Å². The van der Waals surface area contributed by atoms with Crippen molar-refractivity contribution in [2.24, 2.45) is 0 Å². The first kappa shape index (κ1) is 22.4. The predicted octanol–water partition coefficient (Wildman–Crippen LogP) is 5.94. The highest BCUT2D eigenvalue weighted by atomic mass is 16.6. The van der Waals surface area contributed by atoms with Crippen LogP contribution in [0.1, 0.15) is 68.6 Å². The van der Waals surface area contributed by atoms with Gasteiger partial charge in [0.2, 0.25) is 0 Å². The zero-order valence-electron chi connectivity index (χ0n) is 18.2. The van der Waals surface area contributed by atoms with Crippen molar-refractivity contribution in [3.05, 3.63) is 59.2 Å². The van der Waals surface area contributed by atoms with Crippen molar-refractivity contribution in [1.82, 2.24) is 4.90 Å². The van der Waals surface area contributed by atoms with Crippen LogP contribution in [0, 0.1) is 0 Å². The number of aliphatic hydroxyl groups is 1. The first-order chi connectivity index (χ1) is 14.7. The SMILES string of the molecule is CCCCCN(CCCCCCO)C(=O)OCc1cccc2c1Cc1ccccc1-2. The molecule has 0 saturated carbocycles. The molecule has 0 spiro atoms. The van der Waals surface area contributed by atoms with Crippen LogP contribution in [0.15, 0.2) is 42.5 Å². The Hall–Kier alpha value is -2.33. The van der Waals surface area contributed by atoms with Crippen LogP contribution in [0.5, 0.6) is 0 Å². The molecule has 3 rings (SSSR count). The number of aliphatic hydroxyl groups excluding tert-OH is 1. The van der Waals surface area contributed by atoms with E-state index in [1.807, 2.05) is 4.90 Å². The molecule has 0 radical (unpaired) electrons. The van der Waals surface area contributed by atoms with Gasteiger partial charge in [-0.25, -0.2) is 4.79 Å². The maximum Gasteiger partial charge on any atom is 0.410 e. The van der Waals surface area contributed by atoms with Crippen molar-refractivity contribution >= 4 is 6.09 Å². The minimum Gasteiger partial charge on any atom is -0.445 e. The van der Waals surface area contributed by atoms with Crippen LogP contribution < -0.4 is 0 Å². The van der Waals surface area contributed by atoms with Gasteiger partial charge in [-0.1, -0.05) is 75.1 Å². The van der Waals surface area contributed by atoms with Gasteiger partial charge in [0.15, 0.2) is 0 Å². The molecule has 0 atom stereocenters. The summed E-state index contributed by atoms with van der Waals surface area (Å²) in [5.74, 6) is 0. The molecule has 0 heterocycles. The van der Waals surface area contributed by atoms with E-state index in [-0.39, 0.29) is 12.7 Å². The van der Waals surface area contributed by atoms with E-state index in [4.69, 9.17) is 9.84 Å². The second-order valence-corrected chi connectivity index (χ2v) is 8.16. The Morgan fingerprint density at radius 3 is 2.47 bits per heavy atom. The lowest BCUT2D eigenvalue weighted by Crippen LogP contribution is -2.33. The number of benzene rings is 2. The Morgan fingerprint density at radius 1 is 0.933 bits per heavy atom. The second-order valence-electron chi connectivity index (χ2n) is 8.16. The predicted molar refractivity (Wildman–Crippen MR) is 122 cm³/mol. The molecule has 0 unspecified atom stereocenters. The number of hydrogen-bond acceptors (Lipinski definition) is 3. The minimum absolute atomic E-state index is 0.207. The van der Waals surface area contributed by atoms with E-state index in [1.54, 1.807) is 0 Å². The highest BCUT2D eigenvalue weighted by Crippen LogP contribution is 2.38. The van der Waals surface area contributed by atoms with Gasteiger partial charge < -0.3 is 14.7 Å². The maximum absolute atomic E-state index is 12.8. The molecule has 0 saturated heterocycles. The molecular formula is C26H35NO3. The van der Waals surface area contributed by atoms with E-state index >= 15 is 0 Å². The second kappa shape index (κ2) is 11.8. The fourth-order valence-corrected chi connectivity index (χ4v) is 4.20. The van der Waals surface area contributed by atoms with Crippen molar-refractivity contribution < 1.29 is 14.6 Å². The summed E-state index contributed by atoms with van der Waals surface area (Å²) in [6.07, 6.45) is 7.80. The number of carbonyl (C=O) groups excluding carboxylic acids is 1. The molecule has 1 aliphatic rings. The molecule has 0 bridgehead atoms. The van der Waals surface area contributed by atoms with E-state index in [0.717, 1.165) is 70.0 Å². The summed E-state index contributed by atoms with van der Waals surface area (Å²) in [4.78, 5) is 14.7. The molecule has 30 heavy (non-hydrogen) atoms. The Bertz CT molecular complexity index is 818. The van der Waals surface area contributed by atoms with Gasteiger partial charge in [-0.2, -0.15) is 0 Å². The van der Waals surface area contributed by atoms with Gasteiger partial charge in [0.25, 0.3) is 0 Å². The Balaban J connectivity index is 1.58. The summed E-state index contributed by atoms with van der Waals surface area (Å²) >= 11 is 0. The standard InChI is InChI=1S/C26H35NO3/c1-2-3-8-16-27(17-9-4-5-10-18-28)26(29)30-20-22-13-11-15-24-23-14-7-6-12-21(23)19-25(22)24/h6-7,11-15,28H,2-5,8-10,16-20H2,1H3. The third-order valence-electron chi connectivity index (χ3n) is 5.92. The van der Waals surface area contributed by atoms with Gasteiger partial charge in [0, 0.05) is 19.7 Å². The van der Waals surface area contributed by atoms with E-state index in [1.165, 1.54) is 22.3 Å². The van der Waals surface area contributed by atoms with Crippen molar-refractivity contribution in [2.75, 3.05) is 19.7 Å². The molecule has 0 aliphatic heterocycles. The Labute approximate surface area is 180 Å². The fraction of sp³-hybridized carbons (Fsp3) is 0.500. The van der Waals surface area contributed by atoms with Gasteiger partial charge in [-0.3, -0.25) is 0 Å². The van der Waals surface area contributed by atoms with E-state index in [9.17, 15) is 4.79 Å². The number of unbranched alkanes of at least 4 members (excludes halogenated alkanes) is 5. The third kappa shape index (κ3) is 5.85. The van der Waals surface area contributed by atoms with Crippen molar-refractivity contribution in [3.63, 3.8) is 0 Å². The van der Waals surface area contributed by atoms with E-state index in [0.29, 0.717) is 6.61 Å². The normalized spacial score (nSPS) is 11.8. The number of amides is 1. The average molecular weight is 410 g/mol. The maximum atomic E-state index is 12.8. The summed E-state index contributed by atoms with van der Waals surface area (Å²) in [6, 6.07) is 14.8. The average Bonchev–Trinajstić information content (AvgIpc) is 3.15. The monoisotopic (exact) mass is 409 g/mol. The highest BCUT2D eigenvalue weighted by Gasteiger charge is 2.21. The van der Waals surface area contributed by atoms with Crippen molar-refractivity contribution in [2.45, 2.75) is 64.9 Å². The first-order valence-corrected chi connectivity index (χ1v) is 11.5. The molecule has 1 aliphatic carbocycles. The van der Waals surface area contributed by atoms with Crippen LogP contribution in [0.25, 0.3) is 11.1 Å². The quantitative estimate of drug-likeness (QED) is 0.377. The van der Waals surface area contributed by atoms with E-state index in [2.05, 4.69) is 49.4 Å². The van der Waals surface area contributed by atoms with Crippen LogP contribution in [-0.4, -0.2) is 35.8 Å². The molecule has 1 N–H and O–H groups in total. The molecule has 4 heteroatoms. The molecule has 1 amide bonds. The smallest absolute Gasteiger partial charge is 0.410 e. The number of hydrogen-bond donors (Lipinski definition) is 1. The fourth-order valence-electron chi connectivity index (χ4n) is 4.20. The number of rotatable bonds is 12. The van der Waals surface area contributed by atoms with Crippen LogP contribution >= 0.6 is 0 Å². The summed E-state index contributed by atoms with van der Waals surface area (Å²) < 4.78 is 5.77. The third-order valence-corrected chi connectivity index (χ3v) is 5.92. The molecule has 4 nitrogen and oxygen atoms in total. The summed E-state index contributed by atoms with van der Waals surface area (Å²) in [5, 5.41) is 8.92. The molecule has 2 aromatic carbocycles. The van der Waals surface area contributed by atoms with Crippen molar-refractivity contribution in [3.8, 4) is 11.1 Å². The lowest BCUT2D eigenvalue weighted by molar-refractivity contribution is 0.0945. The summed E-state index contributed by atoms with van der Waals surface area (Å²) in [7, 11) is 0. The lowest BCUT2D eigenvalue weighted by Gasteiger charge is -2.22. The minimum atomic E-state index is -0.207. The zero-order valence-corrected chi connectivity index (χ0v) is 18.2. The van der Waals surface area contributed by atoms with Gasteiger partial charge in [-0.15, -0.1) is 0 Å². The molecule has 2 aromatic rings. The lowest BCUT2D eigenvalue weighted by atomic mass is 10.0. The molecule has 0 aromatic heterocycles. The summed E-state index contributed by atoms with van der Waals surface area (Å²) in [5.41, 5.74) is 6.30.